The molecule has 1 fully saturated rings. The fraction of sp³-hybridized carbons (Fsp3) is 0.800. The van der Waals surface area contributed by atoms with Gasteiger partial charge in [-0.25, -0.2) is 0 Å². The Morgan fingerprint density at radius 2 is 2.08 bits per heavy atom. The highest BCUT2D eigenvalue weighted by atomic mass is 28.3. The first-order valence-electron chi connectivity index (χ1n) is 4.90. The Bertz CT molecular complexity index is 213. The Hall–Kier alpha value is -0.123. The SMILES string of the molecule is CC1(O)OCCC/C1=C\[Si](C)(C)C. The summed E-state index contributed by atoms with van der Waals surface area (Å²) in [7, 11) is -1.24. The van der Waals surface area contributed by atoms with Gasteiger partial charge in [0.15, 0.2) is 5.79 Å². The lowest BCUT2D eigenvalue weighted by Gasteiger charge is -2.33. The molecule has 0 bridgehead atoms. The summed E-state index contributed by atoms with van der Waals surface area (Å²) in [6.07, 6.45) is 2.02. The maximum Gasteiger partial charge on any atom is 0.184 e. The summed E-state index contributed by atoms with van der Waals surface area (Å²) >= 11 is 0. The van der Waals surface area contributed by atoms with E-state index in [2.05, 4.69) is 25.3 Å². The molecule has 1 N–H and O–H groups in total. The van der Waals surface area contributed by atoms with Crippen molar-refractivity contribution in [2.45, 2.75) is 45.2 Å². The van der Waals surface area contributed by atoms with Crippen molar-refractivity contribution in [2.24, 2.45) is 0 Å². The average Bonchev–Trinajstić information content (AvgIpc) is 1.91. The van der Waals surface area contributed by atoms with Crippen LogP contribution >= 0.6 is 0 Å². The lowest BCUT2D eigenvalue weighted by Crippen LogP contribution is -2.36. The zero-order valence-electron chi connectivity index (χ0n) is 9.05. The molecule has 0 saturated carbocycles. The molecular weight excluding hydrogens is 180 g/mol. The third-order valence-electron chi connectivity index (χ3n) is 2.18. The zero-order valence-corrected chi connectivity index (χ0v) is 10.1. The summed E-state index contributed by atoms with van der Waals surface area (Å²) in [5, 5.41) is 9.93. The Morgan fingerprint density at radius 1 is 1.46 bits per heavy atom. The largest absolute Gasteiger partial charge is 0.362 e. The van der Waals surface area contributed by atoms with Crippen molar-refractivity contribution >= 4 is 8.07 Å². The summed E-state index contributed by atoms with van der Waals surface area (Å²) in [6, 6.07) is 0. The van der Waals surface area contributed by atoms with E-state index in [9.17, 15) is 5.11 Å². The molecule has 13 heavy (non-hydrogen) atoms. The number of aliphatic hydroxyl groups is 1. The minimum absolute atomic E-state index is 0.677. The molecule has 0 amide bonds. The Kier molecular flexibility index (Phi) is 3.00. The van der Waals surface area contributed by atoms with Crippen molar-refractivity contribution in [3.8, 4) is 0 Å². The molecule has 0 aromatic rings. The van der Waals surface area contributed by atoms with Crippen LogP contribution in [0.1, 0.15) is 19.8 Å². The van der Waals surface area contributed by atoms with E-state index in [-0.39, 0.29) is 0 Å². The summed E-state index contributed by atoms with van der Waals surface area (Å²) in [4.78, 5) is 0. The maximum absolute atomic E-state index is 9.93. The molecule has 1 aliphatic heterocycles. The van der Waals surface area contributed by atoms with Gasteiger partial charge in [0.2, 0.25) is 0 Å². The first-order chi connectivity index (χ1) is 5.81. The highest BCUT2D eigenvalue weighted by molar-refractivity contribution is 6.81. The Morgan fingerprint density at radius 3 is 2.54 bits per heavy atom. The third kappa shape index (κ3) is 3.25. The second-order valence-electron chi connectivity index (χ2n) is 4.97. The molecule has 1 heterocycles. The summed E-state index contributed by atoms with van der Waals surface area (Å²) < 4.78 is 5.33. The van der Waals surface area contributed by atoms with Crippen molar-refractivity contribution < 1.29 is 9.84 Å². The topological polar surface area (TPSA) is 29.5 Å². The molecule has 1 aliphatic rings. The van der Waals surface area contributed by atoms with E-state index in [0.717, 1.165) is 18.4 Å². The van der Waals surface area contributed by atoms with E-state index >= 15 is 0 Å². The average molecular weight is 200 g/mol. The molecule has 0 aromatic carbocycles. The van der Waals surface area contributed by atoms with Crippen LogP contribution in [0.3, 0.4) is 0 Å². The van der Waals surface area contributed by atoms with E-state index in [1.165, 1.54) is 0 Å². The monoisotopic (exact) mass is 200 g/mol. The minimum atomic E-state index is -1.24. The highest BCUT2D eigenvalue weighted by Crippen LogP contribution is 2.29. The van der Waals surface area contributed by atoms with E-state index in [1.807, 2.05) is 0 Å². The fourth-order valence-electron chi connectivity index (χ4n) is 1.59. The Labute approximate surface area is 81.6 Å². The van der Waals surface area contributed by atoms with Crippen molar-refractivity contribution in [1.29, 1.82) is 0 Å². The summed E-state index contributed by atoms with van der Waals surface area (Å²) in [5.41, 5.74) is 3.34. The van der Waals surface area contributed by atoms with Gasteiger partial charge in [-0.1, -0.05) is 25.3 Å². The van der Waals surface area contributed by atoms with Gasteiger partial charge in [0, 0.05) is 0 Å². The molecular formula is C10H20O2Si. The fourth-order valence-corrected chi connectivity index (χ4v) is 3.04. The predicted molar refractivity (Wildman–Crippen MR) is 57.2 cm³/mol. The van der Waals surface area contributed by atoms with Gasteiger partial charge in [0.05, 0.1) is 14.7 Å². The first kappa shape index (κ1) is 11.0. The molecule has 1 rings (SSSR count). The van der Waals surface area contributed by atoms with Gasteiger partial charge in [-0.3, -0.25) is 0 Å². The molecule has 0 spiro atoms. The molecule has 1 unspecified atom stereocenters. The Balaban J connectivity index is 2.82. The molecule has 1 saturated heterocycles. The number of rotatable bonds is 1. The van der Waals surface area contributed by atoms with Crippen LogP contribution in [-0.4, -0.2) is 25.6 Å². The maximum atomic E-state index is 9.93. The molecule has 2 nitrogen and oxygen atoms in total. The second-order valence-corrected chi connectivity index (χ2v) is 9.99. The molecule has 1 atom stereocenters. The lowest BCUT2D eigenvalue weighted by atomic mass is 10.0. The van der Waals surface area contributed by atoms with Crippen molar-refractivity contribution in [1.82, 2.24) is 0 Å². The van der Waals surface area contributed by atoms with Crippen LogP contribution in [0.25, 0.3) is 0 Å². The normalized spacial score (nSPS) is 33.8. The van der Waals surface area contributed by atoms with Gasteiger partial charge >= 0.3 is 0 Å². The van der Waals surface area contributed by atoms with Crippen molar-refractivity contribution in [2.75, 3.05) is 6.61 Å². The van der Waals surface area contributed by atoms with Crippen LogP contribution < -0.4 is 0 Å². The smallest absolute Gasteiger partial charge is 0.184 e. The minimum Gasteiger partial charge on any atom is -0.362 e. The van der Waals surface area contributed by atoms with Gasteiger partial charge < -0.3 is 9.84 Å². The third-order valence-corrected chi connectivity index (χ3v) is 3.39. The first-order valence-corrected chi connectivity index (χ1v) is 8.47. The molecule has 0 aromatic heterocycles. The molecule has 76 valence electrons. The van der Waals surface area contributed by atoms with Crippen molar-refractivity contribution in [3.63, 3.8) is 0 Å². The van der Waals surface area contributed by atoms with Crippen molar-refractivity contribution in [3.05, 3.63) is 11.3 Å². The standard InChI is InChI=1S/C10H20O2Si/c1-10(11)9(6-5-7-12-10)8-13(2,3)4/h8,11H,5-7H2,1-4H3/b9-8+. The molecule has 0 aliphatic carbocycles. The van der Waals surface area contributed by atoms with E-state index < -0.39 is 13.9 Å². The lowest BCUT2D eigenvalue weighted by molar-refractivity contribution is -0.175. The number of ether oxygens (including phenoxy) is 1. The number of hydrogen-bond acceptors (Lipinski definition) is 2. The van der Waals surface area contributed by atoms with Crippen LogP contribution in [0, 0.1) is 0 Å². The van der Waals surface area contributed by atoms with Gasteiger partial charge in [-0.15, -0.1) is 0 Å². The zero-order chi connectivity index (χ0) is 10.1. The molecule has 3 heteroatoms. The predicted octanol–water partition coefficient (Wildman–Crippen LogP) is 2.31. The van der Waals surface area contributed by atoms with Crippen LogP contribution in [-0.2, 0) is 4.74 Å². The summed E-state index contributed by atoms with van der Waals surface area (Å²) in [6.45, 7) is 9.23. The van der Waals surface area contributed by atoms with E-state index in [4.69, 9.17) is 4.74 Å². The highest BCUT2D eigenvalue weighted by Gasteiger charge is 2.31. The van der Waals surface area contributed by atoms with Gasteiger partial charge in [0.25, 0.3) is 0 Å². The van der Waals surface area contributed by atoms with E-state index in [1.54, 1.807) is 6.92 Å². The molecule has 0 radical (unpaired) electrons. The van der Waals surface area contributed by atoms with Crippen LogP contribution in [0.2, 0.25) is 19.6 Å². The van der Waals surface area contributed by atoms with Crippen LogP contribution in [0.4, 0.5) is 0 Å². The second kappa shape index (κ2) is 3.56. The quantitative estimate of drug-likeness (QED) is 0.658. The van der Waals surface area contributed by atoms with Gasteiger partial charge in [0.1, 0.15) is 0 Å². The number of hydrogen-bond donors (Lipinski definition) is 1. The van der Waals surface area contributed by atoms with Gasteiger partial charge in [-0.05, 0) is 25.3 Å². The summed E-state index contributed by atoms with van der Waals surface area (Å²) in [5.74, 6) is -1.00. The van der Waals surface area contributed by atoms with Gasteiger partial charge in [-0.2, -0.15) is 0 Å². The van der Waals surface area contributed by atoms with Crippen LogP contribution in [0.5, 0.6) is 0 Å². The van der Waals surface area contributed by atoms with Crippen LogP contribution in [0.15, 0.2) is 11.3 Å². The van der Waals surface area contributed by atoms with E-state index in [0.29, 0.717) is 6.61 Å².